The third kappa shape index (κ3) is 6.06. The summed E-state index contributed by atoms with van der Waals surface area (Å²) >= 11 is 0. The number of sulfonamides is 1. The van der Waals surface area contributed by atoms with Crippen molar-refractivity contribution in [2.24, 2.45) is 0 Å². The summed E-state index contributed by atoms with van der Waals surface area (Å²) in [4.78, 5) is 15.5. The Labute approximate surface area is 196 Å². The number of hydrogen-bond acceptors (Lipinski definition) is 4. The quantitative estimate of drug-likeness (QED) is 0.320. The minimum absolute atomic E-state index is 0.110. The zero-order valence-electron chi connectivity index (χ0n) is 18.6. The zero-order valence-corrected chi connectivity index (χ0v) is 19.5. The van der Waals surface area contributed by atoms with E-state index >= 15 is 0 Å². The van der Waals surface area contributed by atoms with Crippen LogP contribution in [-0.4, -0.2) is 27.3 Å². The van der Waals surface area contributed by atoms with Gasteiger partial charge in [0.1, 0.15) is 6.04 Å². The minimum atomic E-state index is -3.93. The Morgan fingerprint density at radius 3 is 2.03 bits per heavy atom. The zero-order chi connectivity index (χ0) is 23.8. The molecule has 0 bridgehead atoms. The molecule has 5 nitrogen and oxygen atoms in total. The first-order valence-corrected chi connectivity index (χ1v) is 12.1. The van der Waals surface area contributed by atoms with Gasteiger partial charge < -0.3 is 4.90 Å². The van der Waals surface area contributed by atoms with Crippen LogP contribution >= 0.6 is 0 Å². The summed E-state index contributed by atoms with van der Waals surface area (Å²) in [5.41, 5.74) is 2.86. The molecule has 3 rings (SSSR count). The fourth-order valence-electron chi connectivity index (χ4n) is 3.46. The maximum atomic E-state index is 13.4. The number of ketones is 1. The highest BCUT2D eigenvalue weighted by Crippen LogP contribution is 2.25. The highest BCUT2D eigenvalue weighted by molar-refractivity contribution is 7.89. The Hall–Kier alpha value is -3.48. The first-order chi connectivity index (χ1) is 15.9. The second-order valence-electron chi connectivity index (χ2n) is 7.67. The van der Waals surface area contributed by atoms with Crippen molar-refractivity contribution in [2.45, 2.75) is 17.9 Å². The van der Waals surface area contributed by atoms with Gasteiger partial charge in [0.25, 0.3) is 0 Å². The van der Waals surface area contributed by atoms with Crippen molar-refractivity contribution in [3.05, 3.63) is 121 Å². The lowest BCUT2D eigenvalue weighted by atomic mass is 9.98. The second kappa shape index (κ2) is 10.9. The molecule has 0 aliphatic rings. The van der Waals surface area contributed by atoms with Crippen LogP contribution in [-0.2, 0) is 10.0 Å². The average Bonchev–Trinajstić information content (AvgIpc) is 2.83. The van der Waals surface area contributed by atoms with Crippen LogP contribution in [0.15, 0.2) is 109 Å². The van der Waals surface area contributed by atoms with Gasteiger partial charge in [-0.25, -0.2) is 8.42 Å². The molecule has 0 amide bonds. The van der Waals surface area contributed by atoms with Crippen LogP contribution in [0.1, 0.15) is 27.5 Å². The highest BCUT2D eigenvalue weighted by atomic mass is 32.2. The van der Waals surface area contributed by atoms with Crippen LogP contribution < -0.4 is 9.62 Å². The summed E-state index contributed by atoms with van der Waals surface area (Å²) in [5, 5.41) is 0. The molecule has 170 valence electrons. The maximum absolute atomic E-state index is 13.4. The summed E-state index contributed by atoms with van der Waals surface area (Å²) in [6.07, 6.45) is 3.60. The Morgan fingerprint density at radius 2 is 1.48 bits per heavy atom. The third-order valence-electron chi connectivity index (χ3n) is 5.22. The summed E-state index contributed by atoms with van der Waals surface area (Å²) in [7, 11) is -3.93. The number of anilines is 1. The van der Waals surface area contributed by atoms with Crippen LogP contribution in [0.4, 0.5) is 5.69 Å². The predicted molar refractivity (Wildman–Crippen MR) is 134 cm³/mol. The van der Waals surface area contributed by atoms with Crippen molar-refractivity contribution in [1.29, 1.82) is 0 Å². The van der Waals surface area contributed by atoms with Crippen molar-refractivity contribution in [3.8, 4) is 0 Å². The molecule has 6 heteroatoms. The van der Waals surface area contributed by atoms with E-state index in [1.165, 1.54) is 12.1 Å². The summed E-state index contributed by atoms with van der Waals surface area (Å²) in [6, 6.07) is 21.4. The number of rotatable bonds is 11. The van der Waals surface area contributed by atoms with E-state index in [-0.39, 0.29) is 10.7 Å². The Balaban J connectivity index is 1.98. The molecule has 33 heavy (non-hydrogen) atoms. The fourth-order valence-corrected chi connectivity index (χ4v) is 4.64. The van der Waals surface area contributed by atoms with Crippen molar-refractivity contribution in [1.82, 2.24) is 4.72 Å². The van der Waals surface area contributed by atoms with Gasteiger partial charge >= 0.3 is 0 Å². The second-order valence-corrected chi connectivity index (χ2v) is 9.39. The normalized spacial score (nSPS) is 12.0. The van der Waals surface area contributed by atoms with Gasteiger partial charge in [0, 0.05) is 24.3 Å². The van der Waals surface area contributed by atoms with E-state index in [0.29, 0.717) is 24.2 Å². The number of Topliss-reactive ketones (excluding diaryl/α,β-unsaturated/α-hetero) is 1. The lowest BCUT2D eigenvalue weighted by molar-refractivity contribution is 0.0953. The summed E-state index contributed by atoms with van der Waals surface area (Å²) in [6.45, 7) is 10.7. The van der Waals surface area contributed by atoms with E-state index < -0.39 is 16.1 Å². The van der Waals surface area contributed by atoms with Gasteiger partial charge in [-0.15, -0.1) is 13.2 Å². The molecule has 1 N–H and O–H groups in total. The number of nitrogens with one attached hydrogen (secondary N) is 1. The molecule has 1 unspecified atom stereocenters. The van der Waals surface area contributed by atoms with E-state index in [4.69, 9.17) is 0 Å². The first-order valence-electron chi connectivity index (χ1n) is 10.6. The molecule has 0 fully saturated rings. The van der Waals surface area contributed by atoms with E-state index in [2.05, 4.69) is 22.8 Å². The topological polar surface area (TPSA) is 66.5 Å². The van der Waals surface area contributed by atoms with Crippen molar-refractivity contribution in [3.63, 3.8) is 0 Å². The van der Waals surface area contributed by atoms with Crippen molar-refractivity contribution < 1.29 is 13.2 Å². The Kier molecular flexibility index (Phi) is 7.98. The molecule has 0 aromatic heterocycles. The van der Waals surface area contributed by atoms with E-state index in [1.54, 1.807) is 60.7 Å². The molecular formula is C27H28N2O3S. The van der Waals surface area contributed by atoms with Gasteiger partial charge in [-0.05, 0) is 36.8 Å². The standard InChI is InChI=1S/C27H28N2O3S/c1-4-19-29(20-5-2)24-15-13-22(14-16-24)26(27(30)23-9-7-6-8-10-23)28-33(31,32)25-17-11-21(3)12-18-25/h4-18,26,28H,1-2,19-20H2,3H3. The number of carbonyl (C=O) groups excluding carboxylic acids is 1. The number of nitrogens with zero attached hydrogens (tertiary/aromatic N) is 1. The minimum Gasteiger partial charge on any atom is -0.364 e. The smallest absolute Gasteiger partial charge is 0.241 e. The van der Waals surface area contributed by atoms with Crippen LogP contribution in [0.2, 0.25) is 0 Å². The SMILES string of the molecule is C=CCN(CC=C)c1ccc(C(NS(=O)(=O)c2ccc(C)cc2)C(=O)c2ccccc2)cc1. The van der Waals surface area contributed by atoms with Crippen molar-refractivity contribution >= 4 is 21.5 Å². The number of aryl methyl sites for hydroxylation is 1. The van der Waals surface area contributed by atoms with Gasteiger partial charge in [-0.1, -0.05) is 72.3 Å². The third-order valence-corrected chi connectivity index (χ3v) is 6.65. The Morgan fingerprint density at radius 1 is 0.909 bits per heavy atom. The number of benzene rings is 3. The van der Waals surface area contributed by atoms with Crippen LogP contribution in [0.25, 0.3) is 0 Å². The molecule has 0 heterocycles. The van der Waals surface area contributed by atoms with Gasteiger partial charge in [-0.3, -0.25) is 4.79 Å². The monoisotopic (exact) mass is 460 g/mol. The lowest BCUT2D eigenvalue weighted by Crippen LogP contribution is -2.34. The molecular weight excluding hydrogens is 432 g/mol. The molecule has 3 aromatic rings. The molecule has 0 aliphatic heterocycles. The van der Waals surface area contributed by atoms with Crippen LogP contribution in [0, 0.1) is 6.92 Å². The van der Waals surface area contributed by atoms with Gasteiger partial charge in [0.15, 0.2) is 5.78 Å². The highest BCUT2D eigenvalue weighted by Gasteiger charge is 2.28. The maximum Gasteiger partial charge on any atom is 0.241 e. The lowest BCUT2D eigenvalue weighted by Gasteiger charge is -2.23. The molecule has 3 aromatic carbocycles. The molecule has 0 radical (unpaired) electrons. The van der Waals surface area contributed by atoms with E-state index in [0.717, 1.165) is 11.3 Å². The number of carbonyl (C=O) groups is 1. The number of hydrogen-bond donors (Lipinski definition) is 1. The molecule has 1 atom stereocenters. The summed E-state index contributed by atoms with van der Waals surface area (Å²) < 4.78 is 28.8. The Bertz CT molecular complexity index is 1190. The fraction of sp³-hybridized carbons (Fsp3) is 0.148. The van der Waals surface area contributed by atoms with Gasteiger partial charge in [0.05, 0.1) is 4.90 Å². The molecule has 0 saturated carbocycles. The molecule has 0 saturated heterocycles. The molecule has 0 aliphatic carbocycles. The van der Waals surface area contributed by atoms with Gasteiger partial charge in [0.2, 0.25) is 10.0 Å². The van der Waals surface area contributed by atoms with Crippen LogP contribution in [0.5, 0.6) is 0 Å². The van der Waals surface area contributed by atoms with E-state index in [9.17, 15) is 13.2 Å². The average molecular weight is 461 g/mol. The first kappa shape index (κ1) is 24.2. The molecule has 0 spiro atoms. The van der Waals surface area contributed by atoms with Gasteiger partial charge in [-0.2, -0.15) is 4.72 Å². The van der Waals surface area contributed by atoms with Crippen molar-refractivity contribution in [2.75, 3.05) is 18.0 Å². The van der Waals surface area contributed by atoms with E-state index in [1.807, 2.05) is 25.1 Å². The summed E-state index contributed by atoms with van der Waals surface area (Å²) in [5.74, 6) is -0.326. The van der Waals surface area contributed by atoms with Crippen LogP contribution in [0.3, 0.4) is 0 Å². The predicted octanol–water partition coefficient (Wildman–Crippen LogP) is 5.08. The largest absolute Gasteiger partial charge is 0.364 e.